The van der Waals surface area contributed by atoms with E-state index in [1.807, 2.05) is 0 Å². The maximum absolute atomic E-state index is 14.7. The molecule has 184 valence electrons. The molecule has 1 aliphatic heterocycles. The van der Waals surface area contributed by atoms with Crippen molar-refractivity contribution >= 4 is 29.2 Å². The predicted octanol–water partition coefficient (Wildman–Crippen LogP) is 4.49. The molecule has 1 aliphatic rings. The van der Waals surface area contributed by atoms with E-state index in [1.165, 1.54) is 28.9 Å². The number of halogens is 5. The van der Waals surface area contributed by atoms with Crippen LogP contribution in [0.3, 0.4) is 0 Å². The van der Waals surface area contributed by atoms with Gasteiger partial charge in [-0.05, 0) is 29.8 Å². The number of benzene rings is 2. The Bertz CT molecular complexity index is 1260. The van der Waals surface area contributed by atoms with Crippen LogP contribution in [-0.4, -0.2) is 40.9 Å². The van der Waals surface area contributed by atoms with Crippen LogP contribution in [0.1, 0.15) is 12.0 Å². The fourth-order valence-electron chi connectivity index (χ4n) is 3.60. The lowest BCUT2D eigenvalue weighted by Crippen LogP contribution is -2.24. The Labute approximate surface area is 202 Å². The van der Waals surface area contributed by atoms with Crippen molar-refractivity contribution in [1.82, 2.24) is 15.1 Å². The lowest BCUT2D eigenvalue weighted by atomic mass is 10.1. The van der Waals surface area contributed by atoms with Gasteiger partial charge in [0.15, 0.2) is 5.82 Å². The van der Waals surface area contributed by atoms with E-state index in [0.717, 1.165) is 0 Å². The zero-order valence-corrected chi connectivity index (χ0v) is 18.8. The highest BCUT2D eigenvalue weighted by Crippen LogP contribution is 2.30. The summed E-state index contributed by atoms with van der Waals surface area (Å²) in [4.78, 5) is 24.0. The van der Waals surface area contributed by atoms with E-state index in [2.05, 4.69) is 15.7 Å². The van der Waals surface area contributed by atoms with Gasteiger partial charge in [-0.25, -0.2) is 9.07 Å². The van der Waals surface area contributed by atoms with Gasteiger partial charge in [-0.3, -0.25) is 9.59 Å². The van der Waals surface area contributed by atoms with Crippen LogP contribution in [0.4, 0.5) is 23.4 Å². The Kier molecular flexibility index (Phi) is 7.08. The maximum Gasteiger partial charge on any atom is 0.411 e. The Hall–Kier alpha value is -3.44. The number of aromatic nitrogens is 2. The minimum atomic E-state index is -4.45. The summed E-state index contributed by atoms with van der Waals surface area (Å²) < 4.78 is 57.9. The molecule has 12 heteroatoms. The van der Waals surface area contributed by atoms with Crippen LogP contribution in [0.5, 0.6) is 0 Å². The van der Waals surface area contributed by atoms with Crippen molar-refractivity contribution in [1.29, 1.82) is 0 Å². The van der Waals surface area contributed by atoms with Crippen molar-refractivity contribution in [2.75, 3.05) is 18.5 Å². The molecule has 2 N–H and O–H groups in total. The maximum atomic E-state index is 14.7. The van der Waals surface area contributed by atoms with E-state index in [9.17, 15) is 27.2 Å². The second-order valence-corrected chi connectivity index (χ2v) is 8.36. The van der Waals surface area contributed by atoms with Gasteiger partial charge in [0.25, 0.3) is 0 Å². The molecule has 7 nitrogen and oxygen atoms in total. The SMILES string of the molecule is O=C1C[C@H](C(=O)Nc2cc(-c3cccc(COCC(F)(F)F)c3)n(-c3cc(Cl)ccc3F)n2)CN1. The highest BCUT2D eigenvalue weighted by molar-refractivity contribution is 6.30. The van der Waals surface area contributed by atoms with Crippen LogP contribution in [-0.2, 0) is 20.9 Å². The van der Waals surface area contributed by atoms with Gasteiger partial charge in [-0.1, -0.05) is 29.8 Å². The second kappa shape index (κ2) is 10.0. The van der Waals surface area contributed by atoms with Crippen molar-refractivity contribution in [2.45, 2.75) is 19.2 Å². The molecule has 1 saturated heterocycles. The first-order chi connectivity index (χ1) is 16.6. The van der Waals surface area contributed by atoms with Gasteiger partial charge in [0, 0.05) is 29.6 Å². The van der Waals surface area contributed by atoms with E-state index >= 15 is 0 Å². The van der Waals surface area contributed by atoms with Crippen LogP contribution in [0.2, 0.25) is 5.02 Å². The molecular weight excluding hydrogens is 492 g/mol. The summed E-state index contributed by atoms with van der Waals surface area (Å²) in [7, 11) is 0. The molecule has 0 spiro atoms. The third-order valence-electron chi connectivity index (χ3n) is 5.20. The number of alkyl halides is 3. The first kappa shape index (κ1) is 24.7. The molecule has 0 bridgehead atoms. The largest absolute Gasteiger partial charge is 0.411 e. The number of hydrogen-bond acceptors (Lipinski definition) is 4. The average Bonchev–Trinajstić information content (AvgIpc) is 3.41. The molecule has 1 aromatic heterocycles. The molecule has 0 saturated carbocycles. The van der Waals surface area contributed by atoms with Crippen LogP contribution < -0.4 is 10.6 Å². The molecule has 35 heavy (non-hydrogen) atoms. The van der Waals surface area contributed by atoms with Crippen molar-refractivity contribution in [2.24, 2.45) is 5.92 Å². The number of anilines is 1. The van der Waals surface area contributed by atoms with Crippen molar-refractivity contribution in [3.8, 4) is 16.9 Å². The number of carbonyl (C=O) groups is 2. The van der Waals surface area contributed by atoms with E-state index in [0.29, 0.717) is 16.8 Å². The topological polar surface area (TPSA) is 85.2 Å². The number of rotatable bonds is 7. The zero-order valence-electron chi connectivity index (χ0n) is 18.0. The number of ether oxygens (including phenoxy) is 1. The highest BCUT2D eigenvalue weighted by atomic mass is 35.5. The van der Waals surface area contributed by atoms with Gasteiger partial charge < -0.3 is 15.4 Å². The summed E-state index contributed by atoms with van der Waals surface area (Å²) in [6, 6.07) is 11.8. The Morgan fingerprint density at radius 1 is 1.23 bits per heavy atom. The first-order valence-corrected chi connectivity index (χ1v) is 10.8. The summed E-state index contributed by atoms with van der Waals surface area (Å²) in [5, 5.41) is 9.78. The summed E-state index contributed by atoms with van der Waals surface area (Å²) >= 11 is 6.05. The number of nitrogens with one attached hydrogen (secondary N) is 2. The van der Waals surface area contributed by atoms with Gasteiger partial charge in [0.05, 0.1) is 18.2 Å². The molecular formula is C23H19ClF4N4O3. The zero-order chi connectivity index (χ0) is 25.2. The third-order valence-corrected chi connectivity index (χ3v) is 5.44. The van der Waals surface area contributed by atoms with E-state index in [1.54, 1.807) is 24.3 Å². The number of amides is 2. The molecule has 1 fully saturated rings. The first-order valence-electron chi connectivity index (χ1n) is 10.5. The van der Waals surface area contributed by atoms with Crippen LogP contribution >= 0.6 is 11.6 Å². The minimum absolute atomic E-state index is 0.00411. The van der Waals surface area contributed by atoms with Gasteiger partial charge in [-0.15, -0.1) is 5.10 Å². The number of hydrogen-bond donors (Lipinski definition) is 2. The fraction of sp³-hybridized carbons (Fsp3) is 0.261. The minimum Gasteiger partial charge on any atom is -0.367 e. The van der Waals surface area contributed by atoms with Crippen LogP contribution in [0.25, 0.3) is 16.9 Å². The highest BCUT2D eigenvalue weighted by Gasteiger charge is 2.29. The Morgan fingerprint density at radius 2 is 2.03 bits per heavy atom. The normalized spacial score (nSPS) is 15.8. The molecule has 2 heterocycles. The van der Waals surface area contributed by atoms with Crippen LogP contribution in [0, 0.1) is 11.7 Å². The average molecular weight is 511 g/mol. The van der Waals surface area contributed by atoms with Crippen molar-refractivity contribution in [3.05, 3.63) is 64.9 Å². The fourth-order valence-corrected chi connectivity index (χ4v) is 3.77. The molecule has 0 unspecified atom stereocenters. The quantitative estimate of drug-likeness (QED) is 0.459. The smallest absolute Gasteiger partial charge is 0.367 e. The lowest BCUT2D eigenvalue weighted by Gasteiger charge is -2.11. The molecule has 2 aromatic carbocycles. The monoisotopic (exact) mass is 510 g/mol. The van der Waals surface area contributed by atoms with E-state index in [-0.39, 0.29) is 42.0 Å². The van der Waals surface area contributed by atoms with Gasteiger partial charge >= 0.3 is 6.18 Å². The summed E-state index contributed by atoms with van der Waals surface area (Å²) in [6.45, 7) is -1.49. The summed E-state index contributed by atoms with van der Waals surface area (Å²) in [6.07, 6.45) is -4.41. The molecule has 1 atom stereocenters. The molecule has 3 aromatic rings. The summed E-state index contributed by atoms with van der Waals surface area (Å²) in [5.74, 6) is -1.77. The van der Waals surface area contributed by atoms with E-state index in [4.69, 9.17) is 16.3 Å². The predicted molar refractivity (Wildman–Crippen MR) is 119 cm³/mol. The van der Waals surface area contributed by atoms with Gasteiger partial charge in [-0.2, -0.15) is 13.2 Å². The molecule has 4 rings (SSSR count). The van der Waals surface area contributed by atoms with Gasteiger partial charge in [0.2, 0.25) is 11.8 Å². The van der Waals surface area contributed by atoms with Gasteiger partial charge in [0.1, 0.15) is 18.1 Å². The van der Waals surface area contributed by atoms with Crippen LogP contribution in [0.15, 0.2) is 48.5 Å². The Balaban J connectivity index is 1.67. The number of carbonyl (C=O) groups excluding carboxylic acids is 2. The molecule has 0 radical (unpaired) electrons. The summed E-state index contributed by atoms with van der Waals surface area (Å²) in [5.41, 5.74) is 1.29. The van der Waals surface area contributed by atoms with Crippen molar-refractivity contribution in [3.63, 3.8) is 0 Å². The third kappa shape index (κ3) is 6.17. The Morgan fingerprint density at radius 3 is 2.74 bits per heavy atom. The number of nitrogens with zero attached hydrogens (tertiary/aromatic N) is 2. The van der Waals surface area contributed by atoms with Crippen molar-refractivity contribution < 1.29 is 31.9 Å². The van der Waals surface area contributed by atoms with E-state index < -0.39 is 30.4 Å². The lowest BCUT2D eigenvalue weighted by molar-refractivity contribution is -0.176. The second-order valence-electron chi connectivity index (χ2n) is 7.93. The standard InChI is InChI=1S/C23H19ClF4N4O3/c24-16-4-5-17(25)19(8-16)32-18(9-20(31-32)30-22(34)15-7-21(33)29-10-15)14-3-1-2-13(6-14)11-35-12-23(26,27)28/h1-6,8-9,15H,7,10-12H2,(H,29,33)(H,30,31,34)/t15-/m0/s1. The molecule has 2 amide bonds. The molecule has 0 aliphatic carbocycles.